The summed E-state index contributed by atoms with van der Waals surface area (Å²) >= 11 is 0. The zero-order valence-electron chi connectivity index (χ0n) is 9.02. The van der Waals surface area contributed by atoms with Crippen LogP contribution in [0.1, 0.15) is 0 Å². The molecular weight excluding hydrogens is 190 g/mol. The lowest BCUT2D eigenvalue weighted by Crippen LogP contribution is -2.56. The monoisotopic (exact) mass is 207 g/mol. The Labute approximate surface area is 89.5 Å². The van der Waals surface area contributed by atoms with Gasteiger partial charge in [-0.1, -0.05) is 6.07 Å². The summed E-state index contributed by atoms with van der Waals surface area (Å²) in [6.45, 7) is 3.84. The molecule has 1 saturated heterocycles. The molecule has 1 aliphatic heterocycles. The molecule has 0 atom stereocenters. The van der Waals surface area contributed by atoms with Gasteiger partial charge in [-0.05, 0) is 13.1 Å². The van der Waals surface area contributed by atoms with Crippen molar-refractivity contribution in [1.82, 2.24) is 14.8 Å². The van der Waals surface area contributed by atoms with E-state index in [9.17, 15) is 4.79 Å². The molecule has 4 heteroatoms. The zero-order valence-corrected chi connectivity index (χ0v) is 9.02. The van der Waals surface area contributed by atoms with Crippen molar-refractivity contribution in [2.75, 3.05) is 26.7 Å². The quantitative estimate of drug-likeness (QED) is 0.740. The van der Waals surface area contributed by atoms with Gasteiger partial charge in [-0.25, -0.2) is 0 Å². The van der Waals surface area contributed by atoms with Gasteiger partial charge in [0.25, 0.3) is 5.56 Å². The summed E-state index contributed by atoms with van der Waals surface area (Å²) in [5.41, 5.74) is 0.0811. The highest BCUT2D eigenvalue weighted by Crippen LogP contribution is 2.01. The topological polar surface area (TPSA) is 37.3 Å². The minimum atomic E-state index is 0.0811. The number of likely N-dealkylation sites (N-methyl/N-ethyl adjacent to an activating group) is 1. The molecule has 1 aliphatic rings. The second-order valence-corrected chi connectivity index (χ2v) is 4.02. The van der Waals surface area contributed by atoms with Crippen molar-refractivity contribution in [2.24, 2.45) is 0 Å². The summed E-state index contributed by atoms with van der Waals surface area (Å²) in [6.07, 6.45) is 1.84. The molecule has 0 saturated carbocycles. The highest BCUT2D eigenvalue weighted by molar-refractivity contribution is 4.93. The van der Waals surface area contributed by atoms with Crippen LogP contribution in [0.4, 0.5) is 0 Å². The van der Waals surface area contributed by atoms with Gasteiger partial charge >= 0.3 is 0 Å². The van der Waals surface area contributed by atoms with Gasteiger partial charge < -0.3 is 9.88 Å². The van der Waals surface area contributed by atoms with Crippen LogP contribution in [0.5, 0.6) is 0 Å². The highest BCUT2D eigenvalue weighted by atomic mass is 16.1. The van der Waals surface area contributed by atoms with Gasteiger partial charge in [-0.15, -0.1) is 0 Å². The Morgan fingerprint density at radius 1 is 1.53 bits per heavy atom. The Morgan fingerprint density at radius 3 is 2.93 bits per heavy atom. The first-order chi connectivity index (χ1) is 7.27. The third kappa shape index (κ3) is 2.46. The molecule has 1 aromatic rings. The van der Waals surface area contributed by atoms with Crippen LogP contribution < -0.4 is 10.9 Å². The van der Waals surface area contributed by atoms with Crippen molar-refractivity contribution in [1.29, 1.82) is 0 Å². The average molecular weight is 207 g/mol. The van der Waals surface area contributed by atoms with E-state index < -0.39 is 0 Å². The predicted octanol–water partition coefficient (Wildman–Crippen LogP) is -0.248. The minimum absolute atomic E-state index is 0.0811. The van der Waals surface area contributed by atoms with Crippen molar-refractivity contribution in [3.63, 3.8) is 0 Å². The molecule has 4 nitrogen and oxygen atoms in total. The van der Waals surface area contributed by atoms with Crippen molar-refractivity contribution in [3.8, 4) is 0 Å². The standard InChI is InChI=1S/C11H17N3O/c1-13(10-8-12-9-10)6-7-14-5-3-2-4-11(14)15/h2-5,10,12H,6-9H2,1H3. The van der Waals surface area contributed by atoms with Crippen molar-refractivity contribution >= 4 is 0 Å². The Morgan fingerprint density at radius 2 is 2.33 bits per heavy atom. The molecule has 0 amide bonds. The summed E-state index contributed by atoms with van der Waals surface area (Å²) in [6, 6.07) is 5.92. The molecule has 2 rings (SSSR count). The molecule has 1 N–H and O–H groups in total. The summed E-state index contributed by atoms with van der Waals surface area (Å²) in [5.74, 6) is 0. The molecule has 0 radical (unpaired) electrons. The van der Waals surface area contributed by atoms with E-state index in [1.54, 1.807) is 16.7 Å². The molecule has 1 aromatic heterocycles. The number of nitrogens with one attached hydrogen (secondary N) is 1. The Hall–Kier alpha value is -1.13. The Bertz CT molecular complexity index is 370. The number of nitrogens with zero attached hydrogens (tertiary/aromatic N) is 2. The van der Waals surface area contributed by atoms with E-state index in [-0.39, 0.29) is 5.56 Å². The normalized spacial score (nSPS) is 16.7. The maximum absolute atomic E-state index is 11.4. The maximum Gasteiger partial charge on any atom is 0.250 e. The zero-order chi connectivity index (χ0) is 10.7. The first-order valence-corrected chi connectivity index (χ1v) is 5.34. The fraction of sp³-hybridized carbons (Fsp3) is 0.545. The lowest BCUT2D eigenvalue weighted by atomic mass is 10.1. The molecule has 1 fully saturated rings. The fourth-order valence-corrected chi connectivity index (χ4v) is 1.68. The lowest BCUT2D eigenvalue weighted by Gasteiger charge is -2.35. The average Bonchev–Trinajstić information content (AvgIpc) is 2.14. The molecule has 15 heavy (non-hydrogen) atoms. The highest BCUT2D eigenvalue weighted by Gasteiger charge is 2.20. The van der Waals surface area contributed by atoms with E-state index in [2.05, 4.69) is 17.3 Å². The van der Waals surface area contributed by atoms with Crippen LogP contribution in [-0.4, -0.2) is 42.2 Å². The molecule has 82 valence electrons. The van der Waals surface area contributed by atoms with Gasteiger partial charge in [0.1, 0.15) is 0 Å². The van der Waals surface area contributed by atoms with Crippen LogP contribution >= 0.6 is 0 Å². The van der Waals surface area contributed by atoms with Crippen LogP contribution in [0.2, 0.25) is 0 Å². The van der Waals surface area contributed by atoms with Crippen LogP contribution in [0.15, 0.2) is 29.2 Å². The summed E-state index contributed by atoms with van der Waals surface area (Å²) in [5, 5.41) is 3.24. The van der Waals surface area contributed by atoms with E-state index in [4.69, 9.17) is 0 Å². The molecule has 2 heterocycles. The van der Waals surface area contributed by atoms with Crippen molar-refractivity contribution < 1.29 is 0 Å². The van der Waals surface area contributed by atoms with E-state index in [1.165, 1.54) is 0 Å². The van der Waals surface area contributed by atoms with Gasteiger partial charge in [-0.2, -0.15) is 0 Å². The smallest absolute Gasteiger partial charge is 0.250 e. The molecular formula is C11H17N3O. The third-order valence-corrected chi connectivity index (χ3v) is 2.98. The second kappa shape index (κ2) is 4.59. The molecule has 0 bridgehead atoms. The van der Waals surface area contributed by atoms with Crippen molar-refractivity contribution in [3.05, 3.63) is 34.7 Å². The molecule has 0 aromatic carbocycles. The largest absolute Gasteiger partial charge is 0.314 e. The van der Waals surface area contributed by atoms with Gasteiger partial charge in [-0.3, -0.25) is 9.69 Å². The van der Waals surface area contributed by atoms with E-state index in [1.807, 2.05) is 12.3 Å². The molecule has 0 aliphatic carbocycles. The van der Waals surface area contributed by atoms with E-state index in [0.29, 0.717) is 6.04 Å². The van der Waals surface area contributed by atoms with Gasteiger partial charge in [0.2, 0.25) is 0 Å². The Kier molecular flexibility index (Phi) is 3.18. The van der Waals surface area contributed by atoms with Gasteiger partial charge in [0.05, 0.1) is 0 Å². The minimum Gasteiger partial charge on any atom is -0.314 e. The maximum atomic E-state index is 11.4. The lowest BCUT2D eigenvalue weighted by molar-refractivity contribution is 0.174. The van der Waals surface area contributed by atoms with Gasteiger partial charge in [0.15, 0.2) is 0 Å². The van der Waals surface area contributed by atoms with E-state index in [0.717, 1.165) is 26.2 Å². The second-order valence-electron chi connectivity index (χ2n) is 4.02. The number of aromatic nitrogens is 1. The summed E-state index contributed by atoms with van der Waals surface area (Å²) in [4.78, 5) is 13.7. The SMILES string of the molecule is CN(CCn1ccccc1=O)C1CNC1. The van der Waals surface area contributed by atoms with Crippen LogP contribution in [0.25, 0.3) is 0 Å². The molecule has 0 spiro atoms. The van der Waals surface area contributed by atoms with Crippen molar-refractivity contribution in [2.45, 2.75) is 12.6 Å². The summed E-state index contributed by atoms with van der Waals surface area (Å²) < 4.78 is 1.75. The Balaban J connectivity index is 1.87. The number of rotatable bonds is 4. The van der Waals surface area contributed by atoms with Crippen LogP contribution in [0.3, 0.4) is 0 Å². The number of hydrogen-bond acceptors (Lipinski definition) is 3. The molecule has 0 unspecified atom stereocenters. The third-order valence-electron chi connectivity index (χ3n) is 2.98. The van der Waals surface area contributed by atoms with Crippen LogP contribution in [0, 0.1) is 0 Å². The first kappa shape index (κ1) is 10.4. The van der Waals surface area contributed by atoms with Gasteiger partial charge in [0, 0.05) is 44.5 Å². The number of hydrogen-bond donors (Lipinski definition) is 1. The summed E-state index contributed by atoms with van der Waals surface area (Å²) in [7, 11) is 2.11. The van der Waals surface area contributed by atoms with E-state index >= 15 is 0 Å². The number of pyridine rings is 1. The van der Waals surface area contributed by atoms with Crippen LogP contribution in [-0.2, 0) is 6.54 Å². The first-order valence-electron chi connectivity index (χ1n) is 5.34. The predicted molar refractivity (Wildman–Crippen MR) is 60.0 cm³/mol. The fourth-order valence-electron chi connectivity index (χ4n) is 1.68.